The van der Waals surface area contributed by atoms with Gasteiger partial charge in [-0.1, -0.05) is 0 Å². The minimum atomic E-state index is -0.648. The molecule has 0 aliphatic rings. The smallest absolute Gasteiger partial charge is 0.138 e. The molecule has 1 rings (SSSR count). The molecule has 0 saturated heterocycles. The van der Waals surface area contributed by atoms with Gasteiger partial charge in [-0.15, -0.1) is 0 Å². The van der Waals surface area contributed by atoms with Gasteiger partial charge in [-0.25, -0.2) is 9.67 Å². The van der Waals surface area contributed by atoms with Gasteiger partial charge in [-0.3, -0.25) is 0 Å². The zero-order valence-corrected chi connectivity index (χ0v) is 9.81. The van der Waals surface area contributed by atoms with Crippen LogP contribution in [0, 0.1) is 0 Å². The van der Waals surface area contributed by atoms with Crippen molar-refractivity contribution in [2.75, 3.05) is 12.4 Å². The minimum Gasteiger partial charge on any atom is -0.394 e. The summed E-state index contributed by atoms with van der Waals surface area (Å²) in [5, 5.41) is 21.9. The van der Waals surface area contributed by atoms with Crippen LogP contribution in [0.15, 0.2) is 6.33 Å². The number of thioether (sulfide) groups is 1. The lowest BCUT2D eigenvalue weighted by Gasteiger charge is -2.10. The van der Waals surface area contributed by atoms with Gasteiger partial charge in [-0.05, 0) is 13.8 Å². The van der Waals surface area contributed by atoms with Crippen LogP contribution in [0.1, 0.15) is 25.7 Å². The lowest BCUT2D eigenvalue weighted by molar-refractivity contribution is 0.113. The highest BCUT2D eigenvalue weighted by Crippen LogP contribution is 2.13. The Morgan fingerprint density at radius 2 is 2.27 bits per heavy atom. The summed E-state index contributed by atoms with van der Waals surface area (Å²) in [4.78, 5) is 4.15. The Balaban J connectivity index is 2.40. The molecule has 0 bridgehead atoms. The molecule has 0 saturated carbocycles. The van der Waals surface area contributed by atoms with Crippen LogP contribution in [-0.2, 0) is 5.75 Å². The van der Waals surface area contributed by atoms with Crippen molar-refractivity contribution in [3.8, 4) is 0 Å². The van der Waals surface area contributed by atoms with Crippen molar-refractivity contribution in [2.45, 2.75) is 31.7 Å². The first-order valence-electron chi connectivity index (χ1n) is 4.90. The predicted octanol–water partition coefficient (Wildman–Crippen LogP) is 0.445. The second-order valence-corrected chi connectivity index (χ2v) is 4.60. The first-order valence-corrected chi connectivity index (χ1v) is 6.05. The first kappa shape index (κ1) is 12.5. The lowest BCUT2D eigenvalue weighted by atomic mass is 10.4. The monoisotopic (exact) mass is 231 g/mol. The van der Waals surface area contributed by atoms with E-state index in [2.05, 4.69) is 10.1 Å². The topological polar surface area (TPSA) is 71.2 Å². The second-order valence-electron chi connectivity index (χ2n) is 3.57. The Morgan fingerprint density at radius 1 is 1.53 bits per heavy atom. The van der Waals surface area contributed by atoms with E-state index in [0.29, 0.717) is 17.5 Å². The molecule has 0 radical (unpaired) electrons. The van der Waals surface area contributed by atoms with Gasteiger partial charge in [-0.2, -0.15) is 16.9 Å². The van der Waals surface area contributed by atoms with Crippen LogP contribution in [0.5, 0.6) is 0 Å². The van der Waals surface area contributed by atoms with E-state index in [-0.39, 0.29) is 6.61 Å². The average molecular weight is 231 g/mol. The van der Waals surface area contributed by atoms with Crippen molar-refractivity contribution >= 4 is 11.8 Å². The van der Waals surface area contributed by atoms with Crippen LogP contribution >= 0.6 is 11.8 Å². The molecule has 1 atom stereocenters. The SMILES string of the molecule is CC(C)n1ncnc1CSCC(O)CO. The van der Waals surface area contributed by atoms with E-state index in [0.717, 1.165) is 5.82 Å². The van der Waals surface area contributed by atoms with Gasteiger partial charge in [0.05, 0.1) is 18.5 Å². The van der Waals surface area contributed by atoms with Gasteiger partial charge in [0.2, 0.25) is 0 Å². The molecule has 6 heteroatoms. The molecule has 15 heavy (non-hydrogen) atoms. The summed E-state index contributed by atoms with van der Waals surface area (Å²) in [6.07, 6.45) is 0.892. The largest absolute Gasteiger partial charge is 0.394 e. The van der Waals surface area contributed by atoms with E-state index in [1.165, 1.54) is 0 Å². The van der Waals surface area contributed by atoms with Crippen LogP contribution in [-0.4, -0.2) is 43.4 Å². The molecular formula is C9H17N3O2S. The van der Waals surface area contributed by atoms with Gasteiger partial charge in [0.15, 0.2) is 0 Å². The van der Waals surface area contributed by atoms with Crippen molar-refractivity contribution in [3.63, 3.8) is 0 Å². The molecule has 1 aromatic rings. The van der Waals surface area contributed by atoms with Crippen LogP contribution in [0.3, 0.4) is 0 Å². The van der Waals surface area contributed by atoms with Crippen molar-refractivity contribution in [3.05, 3.63) is 12.2 Å². The second kappa shape index (κ2) is 6.09. The maximum atomic E-state index is 9.15. The van der Waals surface area contributed by atoms with Crippen LogP contribution < -0.4 is 0 Å². The van der Waals surface area contributed by atoms with Crippen molar-refractivity contribution in [2.24, 2.45) is 0 Å². The average Bonchev–Trinajstić information content (AvgIpc) is 2.65. The van der Waals surface area contributed by atoms with E-state index in [9.17, 15) is 0 Å². The molecule has 0 aliphatic heterocycles. The number of rotatable bonds is 6. The summed E-state index contributed by atoms with van der Waals surface area (Å²) in [6.45, 7) is 3.90. The normalized spacial score (nSPS) is 13.4. The van der Waals surface area contributed by atoms with Gasteiger partial charge in [0.1, 0.15) is 12.2 Å². The van der Waals surface area contributed by atoms with E-state index >= 15 is 0 Å². The van der Waals surface area contributed by atoms with E-state index in [1.807, 2.05) is 18.5 Å². The lowest BCUT2D eigenvalue weighted by Crippen LogP contribution is -2.15. The van der Waals surface area contributed by atoms with Gasteiger partial charge in [0.25, 0.3) is 0 Å². The molecule has 1 aromatic heterocycles. The minimum absolute atomic E-state index is 0.191. The summed E-state index contributed by atoms with van der Waals surface area (Å²) in [5.74, 6) is 2.12. The number of nitrogens with zero attached hydrogens (tertiary/aromatic N) is 3. The zero-order valence-electron chi connectivity index (χ0n) is 9.00. The molecule has 0 aromatic carbocycles. The summed E-state index contributed by atoms with van der Waals surface area (Å²) >= 11 is 1.54. The number of aromatic nitrogens is 3. The Bertz CT molecular complexity index is 291. The third-order valence-corrected chi connectivity index (χ3v) is 2.97. The van der Waals surface area contributed by atoms with E-state index in [4.69, 9.17) is 10.2 Å². The molecule has 1 unspecified atom stereocenters. The van der Waals surface area contributed by atoms with Crippen LogP contribution in [0.4, 0.5) is 0 Å². The Hall–Kier alpha value is -0.590. The quantitative estimate of drug-likeness (QED) is 0.743. The highest BCUT2D eigenvalue weighted by atomic mass is 32.2. The number of aliphatic hydroxyl groups excluding tert-OH is 2. The van der Waals surface area contributed by atoms with E-state index < -0.39 is 6.10 Å². The number of hydrogen-bond donors (Lipinski definition) is 2. The van der Waals surface area contributed by atoms with Crippen molar-refractivity contribution in [1.29, 1.82) is 0 Å². The number of hydrogen-bond acceptors (Lipinski definition) is 5. The molecular weight excluding hydrogens is 214 g/mol. The Labute approximate surface area is 93.5 Å². The van der Waals surface area contributed by atoms with Crippen molar-refractivity contribution < 1.29 is 10.2 Å². The summed E-state index contributed by atoms with van der Waals surface area (Å²) < 4.78 is 1.86. The van der Waals surface area contributed by atoms with Crippen LogP contribution in [0.2, 0.25) is 0 Å². The molecule has 0 aliphatic carbocycles. The van der Waals surface area contributed by atoms with Gasteiger partial charge >= 0.3 is 0 Å². The molecule has 2 N–H and O–H groups in total. The highest BCUT2D eigenvalue weighted by molar-refractivity contribution is 7.98. The zero-order chi connectivity index (χ0) is 11.3. The van der Waals surface area contributed by atoms with Gasteiger partial charge in [0, 0.05) is 11.8 Å². The molecule has 0 amide bonds. The Morgan fingerprint density at radius 3 is 2.87 bits per heavy atom. The predicted molar refractivity (Wildman–Crippen MR) is 59.7 cm³/mol. The van der Waals surface area contributed by atoms with Gasteiger partial charge < -0.3 is 10.2 Å². The fraction of sp³-hybridized carbons (Fsp3) is 0.778. The third kappa shape index (κ3) is 3.81. The highest BCUT2D eigenvalue weighted by Gasteiger charge is 2.08. The summed E-state index contributed by atoms with van der Waals surface area (Å²) in [5.41, 5.74) is 0. The number of aliphatic hydroxyl groups is 2. The molecule has 86 valence electrons. The maximum absolute atomic E-state index is 9.15. The standard InChI is InChI=1S/C9H17N3O2S/c1-7(2)12-9(10-6-11-12)5-15-4-8(14)3-13/h6-8,13-14H,3-5H2,1-2H3. The van der Waals surface area contributed by atoms with Crippen LogP contribution in [0.25, 0.3) is 0 Å². The molecule has 0 spiro atoms. The fourth-order valence-electron chi connectivity index (χ4n) is 1.15. The first-order chi connectivity index (χ1) is 7.15. The Kier molecular flexibility index (Phi) is 5.07. The molecule has 0 fully saturated rings. The fourth-order valence-corrected chi connectivity index (χ4v) is 2.03. The molecule has 5 nitrogen and oxygen atoms in total. The van der Waals surface area contributed by atoms with Crippen molar-refractivity contribution in [1.82, 2.24) is 14.8 Å². The van der Waals surface area contributed by atoms with E-state index in [1.54, 1.807) is 18.1 Å². The summed E-state index contributed by atoms with van der Waals surface area (Å²) in [7, 11) is 0. The third-order valence-electron chi connectivity index (χ3n) is 1.89. The molecule has 1 heterocycles. The maximum Gasteiger partial charge on any atom is 0.138 e. The summed E-state index contributed by atoms with van der Waals surface area (Å²) in [6, 6.07) is 0.297.